The molecule has 0 saturated carbocycles. The van der Waals surface area contributed by atoms with Gasteiger partial charge in [-0.25, -0.2) is 26.6 Å². The van der Waals surface area contributed by atoms with Crippen molar-refractivity contribution >= 4 is 17.9 Å². The molecule has 0 atom stereocenters. The number of amides is 1. The summed E-state index contributed by atoms with van der Waals surface area (Å²) in [5.41, 5.74) is -2.87. The van der Waals surface area contributed by atoms with Gasteiger partial charge in [-0.3, -0.25) is 14.3 Å². The molecule has 146 valence electrons. The van der Waals surface area contributed by atoms with Gasteiger partial charge in [-0.2, -0.15) is 10.2 Å². The minimum absolute atomic E-state index is 0.141. The van der Waals surface area contributed by atoms with Crippen molar-refractivity contribution in [2.75, 3.05) is 5.32 Å². The second-order valence-corrected chi connectivity index (χ2v) is 5.55. The summed E-state index contributed by atoms with van der Waals surface area (Å²) in [6.07, 6.45) is -0.955. The van der Waals surface area contributed by atoms with E-state index in [0.717, 1.165) is 17.1 Å². The highest BCUT2D eigenvalue weighted by atomic mass is 19.3. The first-order valence-electron chi connectivity index (χ1n) is 7.54. The van der Waals surface area contributed by atoms with E-state index in [0.29, 0.717) is 16.8 Å². The monoisotopic (exact) mass is 399 g/mol. The smallest absolute Gasteiger partial charge is 0.282 e. The van der Waals surface area contributed by atoms with Gasteiger partial charge in [-0.15, -0.1) is 0 Å². The number of carbonyl (C=O) groups is 2. The van der Waals surface area contributed by atoms with Gasteiger partial charge in [0.1, 0.15) is 22.9 Å². The Morgan fingerprint density at radius 3 is 2.43 bits per heavy atom. The number of nitrogens with one attached hydrogen (secondary N) is 1. The molecule has 0 radical (unpaired) electrons. The molecule has 3 aromatic rings. The third-order valence-electron chi connectivity index (χ3n) is 3.67. The lowest BCUT2D eigenvalue weighted by Gasteiger charge is -2.08. The fourth-order valence-electron chi connectivity index (χ4n) is 2.51. The minimum Gasteiger partial charge on any atom is -0.319 e. The topological polar surface area (TPSA) is 81.8 Å². The summed E-state index contributed by atoms with van der Waals surface area (Å²) in [5.74, 6) is -4.89. The molecule has 0 saturated heterocycles. The summed E-state index contributed by atoms with van der Waals surface area (Å²) in [5, 5.41) is 9.27. The number of hydrogen-bond donors (Lipinski definition) is 1. The van der Waals surface area contributed by atoms with Gasteiger partial charge in [0.25, 0.3) is 12.3 Å². The summed E-state index contributed by atoms with van der Waals surface area (Å²) in [7, 11) is 1.33. The summed E-state index contributed by atoms with van der Waals surface area (Å²) < 4.78 is 68.5. The molecule has 0 aliphatic rings. The van der Waals surface area contributed by atoms with Crippen LogP contribution in [0, 0.1) is 17.5 Å². The zero-order valence-corrected chi connectivity index (χ0v) is 14.0. The van der Waals surface area contributed by atoms with E-state index in [-0.39, 0.29) is 12.0 Å². The molecular formula is C16H10F5N5O2. The molecule has 0 aliphatic heterocycles. The van der Waals surface area contributed by atoms with Crippen LogP contribution in [0.2, 0.25) is 0 Å². The van der Waals surface area contributed by atoms with Crippen LogP contribution in [0.5, 0.6) is 0 Å². The number of anilines is 1. The van der Waals surface area contributed by atoms with Crippen LogP contribution in [-0.2, 0) is 7.05 Å². The predicted octanol–water partition coefficient (Wildman–Crippen LogP) is 3.03. The van der Waals surface area contributed by atoms with Gasteiger partial charge < -0.3 is 5.32 Å². The van der Waals surface area contributed by atoms with Crippen molar-refractivity contribution in [2.24, 2.45) is 7.05 Å². The quantitative estimate of drug-likeness (QED) is 0.528. The Kier molecular flexibility index (Phi) is 4.94. The Labute approximate surface area is 153 Å². The van der Waals surface area contributed by atoms with Gasteiger partial charge in [0.05, 0.1) is 17.4 Å². The molecule has 2 aromatic heterocycles. The Balaban J connectivity index is 2.00. The molecule has 0 fully saturated rings. The Bertz CT molecular complexity index is 1050. The van der Waals surface area contributed by atoms with E-state index in [1.807, 2.05) is 0 Å². The first-order chi connectivity index (χ1) is 13.2. The van der Waals surface area contributed by atoms with Crippen LogP contribution in [0.25, 0.3) is 5.69 Å². The van der Waals surface area contributed by atoms with E-state index in [2.05, 4.69) is 15.5 Å². The molecule has 2 heterocycles. The number of carbonyl (C=O) groups excluding carboxylic acids is 2. The highest BCUT2D eigenvalue weighted by Crippen LogP contribution is 2.25. The zero-order chi connectivity index (χ0) is 20.6. The zero-order valence-electron chi connectivity index (χ0n) is 14.0. The highest BCUT2D eigenvalue weighted by Gasteiger charge is 2.25. The first-order valence-corrected chi connectivity index (χ1v) is 7.54. The molecular weight excluding hydrogens is 389 g/mol. The SMILES string of the molecule is Cn1cc(C(=O)Nc2cnn(-c3c(F)cc(F)cc3F)c2C=O)c(C(F)F)n1. The summed E-state index contributed by atoms with van der Waals surface area (Å²) in [6, 6.07) is 0.773. The molecule has 3 rings (SSSR count). The predicted molar refractivity (Wildman–Crippen MR) is 84.9 cm³/mol. The Morgan fingerprint density at radius 2 is 1.86 bits per heavy atom. The number of aromatic nitrogens is 4. The molecule has 0 bridgehead atoms. The number of alkyl halides is 2. The Morgan fingerprint density at radius 1 is 1.21 bits per heavy atom. The van der Waals surface area contributed by atoms with Gasteiger partial charge in [-0.1, -0.05) is 0 Å². The van der Waals surface area contributed by atoms with Crippen LogP contribution >= 0.6 is 0 Å². The van der Waals surface area contributed by atoms with Gasteiger partial charge in [0, 0.05) is 25.4 Å². The van der Waals surface area contributed by atoms with E-state index in [1.165, 1.54) is 7.05 Å². The van der Waals surface area contributed by atoms with Gasteiger partial charge in [-0.05, 0) is 0 Å². The molecule has 0 unspecified atom stereocenters. The van der Waals surface area contributed by atoms with E-state index < -0.39 is 52.4 Å². The van der Waals surface area contributed by atoms with E-state index >= 15 is 0 Å². The maximum absolute atomic E-state index is 14.0. The minimum atomic E-state index is -3.03. The lowest BCUT2D eigenvalue weighted by atomic mass is 10.2. The average molecular weight is 399 g/mol. The number of nitrogens with zero attached hydrogens (tertiary/aromatic N) is 4. The molecule has 1 aromatic carbocycles. The number of aldehydes is 1. The van der Waals surface area contributed by atoms with Crippen molar-refractivity contribution in [3.63, 3.8) is 0 Å². The second kappa shape index (κ2) is 7.21. The average Bonchev–Trinajstić information content (AvgIpc) is 3.17. The second-order valence-electron chi connectivity index (χ2n) is 5.55. The summed E-state index contributed by atoms with van der Waals surface area (Å²) >= 11 is 0. The molecule has 7 nitrogen and oxygen atoms in total. The van der Waals surface area contributed by atoms with Crippen LogP contribution in [0.15, 0.2) is 24.5 Å². The lowest BCUT2D eigenvalue weighted by Crippen LogP contribution is -2.15. The normalized spacial score (nSPS) is 11.1. The van der Waals surface area contributed by atoms with Crippen molar-refractivity contribution in [3.8, 4) is 5.69 Å². The third-order valence-corrected chi connectivity index (χ3v) is 3.67. The molecule has 28 heavy (non-hydrogen) atoms. The molecule has 12 heteroatoms. The number of aryl methyl sites for hydroxylation is 1. The van der Waals surface area contributed by atoms with Crippen molar-refractivity contribution in [1.82, 2.24) is 19.6 Å². The lowest BCUT2D eigenvalue weighted by molar-refractivity contribution is 0.101. The van der Waals surface area contributed by atoms with Crippen LogP contribution < -0.4 is 5.32 Å². The van der Waals surface area contributed by atoms with E-state index in [9.17, 15) is 31.5 Å². The number of hydrogen-bond acceptors (Lipinski definition) is 4. The standard InChI is InChI=1S/C16H10F5N5O2/c1-25-5-8(13(24-25)15(20)21)16(28)23-11-4-22-26(12(11)6-27)14-9(18)2-7(17)3-10(14)19/h2-6,15H,1H3,(H,23,28). The highest BCUT2D eigenvalue weighted by molar-refractivity contribution is 6.06. The van der Waals surface area contributed by atoms with Crippen LogP contribution in [0.3, 0.4) is 0 Å². The molecule has 0 aliphatic carbocycles. The Hall–Kier alpha value is -3.57. The molecule has 0 spiro atoms. The first kappa shape index (κ1) is 19.2. The van der Waals surface area contributed by atoms with Crippen LogP contribution in [0.1, 0.15) is 33.0 Å². The summed E-state index contributed by atoms with van der Waals surface area (Å²) in [6.45, 7) is 0. The number of halogens is 5. The summed E-state index contributed by atoms with van der Waals surface area (Å²) in [4.78, 5) is 23.7. The van der Waals surface area contributed by atoms with E-state index in [4.69, 9.17) is 0 Å². The maximum atomic E-state index is 14.0. The van der Waals surface area contributed by atoms with E-state index in [1.54, 1.807) is 0 Å². The fourth-order valence-corrected chi connectivity index (χ4v) is 2.51. The third kappa shape index (κ3) is 3.35. The molecule has 1 N–H and O–H groups in total. The van der Waals surface area contributed by atoms with Gasteiger partial charge >= 0.3 is 0 Å². The fraction of sp³-hybridized carbons (Fsp3) is 0.125. The van der Waals surface area contributed by atoms with Gasteiger partial charge in [0.15, 0.2) is 17.9 Å². The van der Waals surface area contributed by atoms with Crippen molar-refractivity contribution in [1.29, 1.82) is 0 Å². The number of benzene rings is 1. The van der Waals surface area contributed by atoms with Gasteiger partial charge in [0.2, 0.25) is 0 Å². The maximum Gasteiger partial charge on any atom is 0.282 e. The largest absolute Gasteiger partial charge is 0.319 e. The molecule has 1 amide bonds. The van der Waals surface area contributed by atoms with Crippen LogP contribution in [-0.4, -0.2) is 31.8 Å². The van der Waals surface area contributed by atoms with Crippen molar-refractivity contribution in [3.05, 3.63) is 58.9 Å². The van der Waals surface area contributed by atoms with Crippen molar-refractivity contribution < 1.29 is 31.5 Å². The number of rotatable bonds is 5. The van der Waals surface area contributed by atoms with Crippen molar-refractivity contribution in [2.45, 2.75) is 6.43 Å². The van der Waals surface area contributed by atoms with Crippen LogP contribution in [0.4, 0.5) is 27.6 Å².